The third kappa shape index (κ3) is 3.25. The predicted octanol–water partition coefficient (Wildman–Crippen LogP) is 4.06. The lowest BCUT2D eigenvalue weighted by atomic mass is 9.99. The highest BCUT2D eigenvalue weighted by Crippen LogP contribution is 2.36. The molecule has 0 saturated heterocycles. The Morgan fingerprint density at radius 1 is 1.40 bits per heavy atom. The molecular weight excluding hydrogens is 182 g/mol. The molecule has 0 bridgehead atoms. The summed E-state index contributed by atoms with van der Waals surface area (Å²) in [5, 5.41) is 0. The van der Waals surface area contributed by atoms with E-state index in [1.54, 1.807) is 5.70 Å². The minimum absolute atomic E-state index is 0.624. The van der Waals surface area contributed by atoms with E-state index < -0.39 is 0 Å². The highest BCUT2D eigenvalue weighted by molar-refractivity contribution is 5.08. The van der Waals surface area contributed by atoms with Crippen molar-refractivity contribution in [3.05, 3.63) is 11.8 Å². The van der Waals surface area contributed by atoms with E-state index in [9.17, 15) is 0 Å². The maximum absolute atomic E-state index is 2.46. The monoisotopic (exact) mass is 209 g/mol. The lowest BCUT2D eigenvalue weighted by molar-refractivity contribution is 0.298. The second-order valence-electron chi connectivity index (χ2n) is 5.36. The Hall–Kier alpha value is -0.460. The Kier molecular flexibility index (Phi) is 4.69. The molecule has 0 N–H and O–H groups in total. The van der Waals surface area contributed by atoms with E-state index in [-0.39, 0.29) is 0 Å². The molecule has 1 heteroatoms. The SMILES string of the molecule is CC/C=C(\C1CCC(C)C1)N(C)C(C)C. The summed E-state index contributed by atoms with van der Waals surface area (Å²) in [5.41, 5.74) is 1.59. The van der Waals surface area contributed by atoms with Crippen LogP contribution in [-0.2, 0) is 0 Å². The van der Waals surface area contributed by atoms with Crippen LogP contribution in [-0.4, -0.2) is 18.0 Å². The second-order valence-corrected chi connectivity index (χ2v) is 5.36. The number of allylic oxidation sites excluding steroid dienone is 2. The molecule has 0 aliphatic heterocycles. The maximum Gasteiger partial charge on any atom is 0.0227 e. The van der Waals surface area contributed by atoms with Crippen molar-refractivity contribution in [2.45, 2.75) is 59.4 Å². The molecule has 0 amide bonds. The van der Waals surface area contributed by atoms with Gasteiger partial charge < -0.3 is 4.90 Å². The van der Waals surface area contributed by atoms with Gasteiger partial charge in [-0.1, -0.05) is 26.3 Å². The van der Waals surface area contributed by atoms with Gasteiger partial charge >= 0.3 is 0 Å². The zero-order valence-corrected chi connectivity index (χ0v) is 11.1. The fourth-order valence-corrected chi connectivity index (χ4v) is 2.58. The molecule has 0 aromatic rings. The Balaban J connectivity index is 2.70. The summed E-state index contributed by atoms with van der Waals surface area (Å²) in [6.45, 7) is 9.19. The van der Waals surface area contributed by atoms with Crippen LogP contribution in [0.3, 0.4) is 0 Å². The van der Waals surface area contributed by atoms with Crippen LogP contribution in [0, 0.1) is 11.8 Å². The van der Waals surface area contributed by atoms with Crippen LogP contribution in [0.1, 0.15) is 53.4 Å². The van der Waals surface area contributed by atoms with Gasteiger partial charge in [0.1, 0.15) is 0 Å². The van der Waals surface area contributed by atoms with E-state index in [1.165, 1.54) is 19.3 Å². The molecule has 2 atom stereocenters. The third-order valence-corrected chi connectivity index (χ3v) is 3.71. The van der Waals surface area contributed by atoms with Crippen LogP contribution < -0.4 is 0 Å². The van der Waals surface area contributed by atoms with Crippen molar-refractivity contribution in [1.29, 1.82) is 0 Å². The summed E-state index contributed by atoms with van der Waals surface area (Å²) in [7, 11) is 2.25. The molecular formula is C14H27N. The van der Waals surface area contributed by atoms with Crippen molar-refractivity contribution in [2.75, 3.05) is 7.05 Å². The van der Waals surface area contributed by atoms with Crippen LogP contribution in [0.5, 0.6) is 0 Å². The predicted molar refractivity (Wildman–Crippen MR) is 67.8 cm³/mol. The highest BCUT2D eigenvalue weighted by Gasteiger charge is 2.26. The molecule has 15 heavy (non-hydrogen) atoms. The van der Waals surface area contributed by atoms with Crippen LogP contribution in [0.25, 0.3) is 0 Å². The summed E-state index contributed by atoms with van der Waals surface area (Å²) in [6.07, 6.45) is 7.80. The molecule has 0 aromatic heterocycles. The zero-order chi connectivity index (χ0) is 11.4. The molecule has 1 fully saturated rings. The molecule has 88 valence electrons. The Morgan fingerprint density at radius 2 is 2.07 bits per heavy atom. The summed E-state index contributed by atoms with van der Waals surface area (Å²) >= 11 is 0. The normalized spacial score (nSPS) is 27.5. The van der Waals surface area contributed by atoms with Crippen molar-refractivity contribution < 1.29 is 0 Å². The molecule has 0 radical (unpaired) electrons. The van der Waals surface area contributed by atoms with Crippen molar-refractivity contribution in [1.82, 2.24) is 4.90 Å². The van der Waals surface area contributed by atoms with E-state index in [4.69, 9.17) is 0 Å². The van der Waals surface area contributed by atoms with Gasteiger partial charge in [0.25, 0.3) is 0 Å². The summed E-state index contributed by atoms with van der Waals surface area (Å²) in [5.74, 6) is 1.75. The van der Waals surface area contributed by atoms with Gasteiger partial charge in [-0.2, -0.15) is 0 Å². The zero-order valence-electron chi connectivity index (χ0n) is 11.1. The Bertz CT molecular complexity index is 217. The van der Waals surface area contributed by atoms with Crippen molar-refractivity contribution in [3.8, 4) is 0 Å². The minimum atomic E-state index is 0.624. The fourth-order valence-electron chi connectivity index (χ4n) is 2.58. The van der Waals surface area contributed by atoms with Crippen LogP contribution in [0.15, 0.2) is 11.8 Å². The van der Waals surface area contributed by atoms with E-state index in [1.807, 2.05) is 0 Å². The van der Waals surface area contributed by atoms with Crippen molar-refractivity contribution >= 4 is 0 Å². The highest BCUT2D eigenvalue weighted by atomic mass is 15.1. The van der Waals surface area contributed by atoms with Gasteiger partial charge in [-0.25, -0.2) is 0 Å². The summed E-state index contributed by atoms with van der Waals surface area (Å²) < 4.78 is 0. The van der Waals surface area contributed by atoms with Gasteiger partial charge in [-0.3, -0.25) is 0 Å². The lowest BCUT2D eigenvalue weighted by Crippen LogP contribution is -2.29. The van der Waals surface area contributed by atoms with Gasteiger partial charge in [0.15, 0.2) is 0 Å². The summed E-state index contributed by atoms with van der Waals surface area (Å²) in [4.78, 5) is 2.46. The van der Waals surface area contributed by atoms with E-state index in [0.717, 1.165) is 18.3 Å². The quantitative estimate of drug-likeness (QED) is 0.675. The molecule has 2 unspecified atom stereocenters. The first-order valence-corrected chi connectivity index (χ1v) is 6.49. The maximum atomic E-state index is 2.46. The molecule has 0 aromatic carbocycles. The van der Waals surface area contributed by atoms with Gasteiger partial charge in [0.05, 0.1) is 0 Å². The third-order valence-electron chi connectivity index (χ3n) is 3.71. The number of nitrogens with zero attached hydrogens (tertiary/aromatic N) is 1. The van der Waals surface area contributed by atoms with Crippen LogP contribution in [0.4, 0.5) is 0 Å². The first-order valence-electron chi connectivity index (χ1n) is 6.49. The molecule has 1 aliphatic rings. The standard InChI is InChI=1S/C14H27N/c1-6-7-14(15(5)11(2)3)13-9-8-12(4)10-13/h7,11-13H,6,8-10H2,1-5H3/b14-7+. The number of rotatable bonds is 4. The first kappa shape index (κ1) is 12.6. The Morgan fingerprint density at radius 3 is 2.47 bits per heavy atom. The molecule has 1 nitrogen and oxygen atoms in total. The Labute approximate surface area is 95.5 Å². The number of hydrogen-bond acceptors (Lipinski definition) is 1. The smallest absolute Gasteiger partial charge is 0.0227 e. The molecule has 0 spiro atoms. The first-order chi connectivity index (χ1) is 7.06. The number of hydrogen-bond donors (Lipinski definition) is 0. The van der Waals surface area contributed by atoms with Crippen LogP contribution >= 0.6 is 0 Å². The topological polar surface area (TPSA) is 3.24 Å². The van der Waals surface area contributed by atoms with Crippen molar-refractivity contribution in [3.63, 3.8) is 0 Å². The van der Waals surface area contributed by atoms with E-state index in [0.29, 0.717) is 6.04 Å². The molecule has 1 rings (SSSR count). The molecule has 1 aliphatic carbocycles. The van der Waals surface area contributed by atoms with E-state index >= 15 is 0 Å². The van der Waals surface area contributed by atoms with Gasteiger partial charge in [0.2, 0.25) is 0 Å². The summed E-state index contributed by atoms with van der Waals surface area (Å²) in [6, 6.07) is 0.624. The van der Waals surface area contributed by atoms with E-state index in [2.05, 4.69) is 45.7 Å². The fraction of sp³-hybridized carbons (Fsp3) is 0.857. The van der Waals surface area contributed by atoms with Gasteiger partial charge in [0, 0.05) is 18.8 Å². The average molecular weight is 209 g/mol. The van der Waals surface area contributed by atoms with Gasteiger partial charge in [-0.05, 0) is 44.9 Å². The van der Waals surface area contributed by atoms with Crippen LogP contribution in [0.2, 0.25) is 0 Å². The average Bonchev–Trinajstić information content (AvgIpc) is 2.60. The molecule has 0 heterocycles. The minimum Gasteiger partial charge on any atom is -0.375 e. The van der Waals surface area contributed by atoms with Gasteiger partial charge in [-0.15, -0.1) is 0 Å². The molecule has 1 saturated carbocycles. The second kappa shape index (κ2) is 5.58. The van der Waals surface area contributed by atoms with Crippen molar-refractivity contribution in [2.24, 2.45) is 11.8 Å². The largest absolute Gasteiger partial charge is 0.375 e. The lowest BCUT2D eigenvalue weighted by Gasteiger charge is -2.31.